The van der Waals surface area contributed by atoms with E-state index in [4.69, 9.17) is 0 Å². The average molecular weight is 413 g/mol. The highest BCUT2D eigenvalue weighted by atomic mass is 16.2. The van der Waals surface area contributed by atoms with Crippen molar-refractivity contribution in [3.05, 3.63) is 84.4 Å². The number of hydrogen-bond acceptors (Lipinski definition) is 3. The monoisotopic (exact) mass is 413 g/mol. The third-order valence-corrected chi connectivity index (χ3v) is 5.20. The molecule has 0 radical (unpaired) electrons. The Labute approximate surface area is 180 Å². The molecule has 3 aromatic carbocycles. The predicted molar refractivity (Wildman–Crippen MR) is 121 cm³/mol. The standard InChI is InChI=1S/C25H23N3O3/c29-23(27-21-12-14-22(15-13-21)28-16-4-7-24(28)30)17-26-25(31)20-10-8-19(9-11-20)18-5-2-1-3-6-18/h1-3,5-6,8-15H,4,7,16-17H2,(H,26,31)(H,27,29). The first-order valence-corrected chi connectivity index (χ1v) is 10.2. The zero-order valence-electron chi connectivity index (χ0n) is 17.0. The Morgan fingerprint density at radius 3 is 2.16 bits per heavy atom. The van der Waals surface area contributed by atoms with E-state index < -0.39 is 0 Å². The first-order chi connectivity index (χ1) is 15.1. The van der Waals surface area contributed by atoms with E-state index in [1.54, 1.807) is 29.2 Å². The lowest BCUT2D eigenvalue weighted by molar-refractivity contribution is -0.117. The molecule has 1 fully saturated rings. The maximum atomic E-state index is 12.3. The van der Waals surface area contributed by atoms with Gasteiger partial charge in [-0.15, -0.1) is 0 Å². The first-order valence-electron chi connectivity index (χ1n) is 10.2. The molecule has 1 aliphatic heterocycles. The van der Waals surface area contributed by atoms with Gasteiger partial charge in [0.05, 0.1) is 6.54 Å². The molecular weight excluding hydrogens is 390 g/mol. The third-order valence-electron chi connectivity index (χ3n) is 5.20. The summed E-state index contributed by atoms with van der Waals surface area (Å²) in [6.07, 6.45) is 1.44. The minimum atomic E-state index is -0.320. The molecule has 3 aromatic rings. The fourth-order valence-corrected chi connectivity index (χ4v) is 3.56. The molecule has 0 aromatic heterocycles. The number of nitrogens with one attached hydrogen (secondary N) is 2. The van der Waals surface area contributed by atoms with Crippen LogP contribution in [0.4, 0.5) is 11.4 Å². The molecule has 156 valence electrons. The second-order valence-corrected chi connectivity index (χ2v) is 7.37. The minimum absolute atomic E-state index is 0.122. The molecule has 0 bridgehead atoms. The Hall–Kier alpha value is -3.93. The van der Waals surface area contributed by atoms with Gasteiger partial charge in [0.25, 0.3) is 5.91 Å². The highest BCUT2D eigenvalue weighted by molar-refractivity contribution is 6.00. The summed E-state index contributed by atoms with van der Waals surface area (Å²) in [7, 11) is 0. The van der Waals surface area contributed by atoms with Crippen LogP contribution in [0.15, 0.2) is 78.9 Å². The van der Waals surface area contributed by atoms with E-state index >= 15 is 0 Å². The van der Waals surface area contributed by atoms with Crippen molar-refractivity contribution in [2.45, 2.75) is 12.8 Å². The molecule has 2 N–H and O–H groups in total. The van der Waals surface area contributed by atoms with E-state index in [1.165, 1.54) is 0 Å². The van der Waals surface area contributed by atoms with Crippen LogP contribution in [-0.2, 0) is 9.59 Å². The minimum Gasteiger partial charge on any atom is -0.343 e. The van der Waals surface area contributed by atoms with Crippen LogP contribution < -0.4 is 15.5 Å². The summed E-state index contributed by atoms with van der Waals surface area (Å²) in [5, 5.41) is 5.39. The molecule has 1 heterocycles. The quantitative estimate of drug-likeness (QED) is 0.644. The molecule has 1 saturated heterocycles. The first kappa shape index (κ1) is 20.3. The van der Waals surface area contributed by atoms with Crippen LogP contribution in [0.3, 0.4) is 0 Å². The van der Waals surface area contributed by atoms with E-state index in [0.717, 1.165) is 29.8 Å². The second kappa shape index (κ2) is 9.26. The summed E-state index contributed by atoms with van der Waals surface area (Å²) >= 11 is 0. The van der Waals surface area contributed by atoms with Gasteiger partial charge in [0.15, 0.2) is 0 Å². The number of rotatable bonds is 6. The maximum absolute atomic E-state index is 12.3. The number of carbonyl (C=O) groups excluding carboxylic acids is 3. The van der Waals surface area contributed by atoms with Crippen LogP contribution in [-0.4, -0.2) is 30.8 Å². The molecule has 31 heavy (non-hydrogen) atoms. The van der Waals surface area contributed by atoms with Crippen molar-refractivity contribution in [1.29, 1.82) is 0 Å². The fraction of sp³-hybridized carbons (Fsp3) is 0.160. The van der Waals surface area contributed by atoms with Gasteiger partial charge in [-0.2, -0.15) is 0 Å². The number of nitrogens with zero attached hydrogens (tertiary/aromatic N) is 1. The van der Waals surface area contributed by atoms with Crippen LogP contribution in [0.1, 0.15) is 23.2 Å². The zero-order chi connectivity index (χ0) is 21.6. The van der Waals surface area contributed by atoms with Crippen LogP contribution in [0, 0.1) is 0 Å². The summed E-state index contributed by atoms with van der Waals surface area (Å²) < 4.78 is 0. The van der Waals surface area contributed by atoms with Gasteiger partial charge in [-0.05, 0) is 53.9 Å². The lowest BCUT2D eigenvalue weighted by atomic mass is 10.0. The Bertz CT molecular complexity index is 1080. The van der Waals surface area contributed by atoms with Gasteiger partial charge in [0.2, 0.25) is 11.8 Å². The predicted octanol–water partition coefficient (Wildman–Crippen LogP) is 3.85. The summed E-state index contributed by atoms with van der Waals surface area (Å²) in [5.74, 6) is -0.506. The van der Waals surface area contributed by atoms with Crippen molar-refractivity contribution >= 4 is 29.1 Å². The van der Waals surface area contributed by atoms with Crippen molar-refractivity contribution in [3.63, 3.8) is 0 Å². The van der Waals surface area contributed by atoms with Gasteiger partial charge in [0.1, 0.15) is 0 Å². The largest absolute Gasteiger partial charge is 0.343 e. The Kier molecular flexibility index (Phi) is 6.08. The SMILES string of the molecule is O=C(CNC(=O)c1ccc(-c2ccccc2)cc1)Nc1ccc(N2CCCC2=O)cc1. The van der Waals surface area contributed by atoms with Crippen molar-refractivity contribution in [2.75, 3.05) is 23.3 Å². The molecule has 3 amide bonds. The van der Waals surface area contributed by atoms with Crippen molar-refractivity contribution in [1.82, 2.24) is 5.32 Å². The fourth-order valence-electron chi connectivity index (χ4n) is 3.56. The molecule has 6 nitrogen and oxygen atoms in total. The maximum Gasteiger partial charge on any atom is 0.251 e. The van der Waals surface area contributed by atoms with Crippen LogP contribution >= 0.6 is 0 Å². The normalized spacial score (nSPS) is 13.2. The summed E-state index contributed by atoms with van der Waals surface area (Å²) in [6.45, 7) is 0.592. The number of carbonyl (C=O) groups is 3. The third kappa shape index (κ3) is 4.98. The summed E-state index contributed by atoms with van der Waals surface area (Å²) in [5.41, 5.74) is 4.03. The smallest absolute Gasteiger partial charge is 0.251 e. The molecule has 0 spiro atoms. The van der Waals surface area contributed by atoms with Crippen LogP contribution in [0.25, 0.3) is 11.1 Å². The molecule has 0 unspecified atom stereocenters. The highest BCUT2D eigenvalue weighted by Gasteiger charge is 2.21. The van der Waals surface area contributed by atoms with Gasteiger partial charge in [0, 0.05) is 29.9 Å². The van der Waals surface area contributed by atoms with Crippen LogP contribution in [0.5, 0.6) is 0 Å². The van der Waals surface area contributed by atoms with E-state index in [0.29, 0.717) is 17.7 Å². The Morgan fingerprint density at radius 2 is 1.52 bits per heavy atom. The summed E-state index contributed by atoms with van der Waals surface area (Å²) in [4.78, 5) is 38.1. The number of benzene rings is 3. The molecule has 4 rings (SSSR count). The van der Waals surface area contributed by atoms with E-state index in [-0.39, 0.29) is 24.3 Å². The van der Waals surface area contributed by atoms with E-state index in [1.807, 2.05) is 54.6 Å². The lowest BCUT2D eigenvalue weighted by Gasteiger charge is -2.16. The molecule has 6 heteroatoms. The zero-order valence-corrected chi connectivity index (χ0v) is 17.0. The van der Waals surface area contributed by atoms with E-state index in [2.05, 4.69) is 10.6 Å². The van der Waals surface area contributed by atoms with Gasteiger partial charge < -0.3 is 15.5 Å². The van der Waals surface area contributed by atoms with Crippen molar-refractivity contribution in [2.24, 2.45) is 0 Å². The molecular formula is C25H23N3O3. The molecule has 0 aliphatic carbocycles. The average Bonchev–Trinajstić information content (AvgIpc) is 3.24. The lowest BCUT2D eigenvalue weighted by Crippen LogP contribution is -2.32. The Morgan fingerprint density at radius 1 is 0.839 bits per heavy atom. The van der Waals surface area contributed by atoms with Crippen molar-refractivity contribution < 1.29 is 14.4 Å². The van der Waals surface area contributed by atoms with Crippen molar-refractivity contribution in [3.8, 4) is 11.1 Å². The van der Waals surface area contributed by atoms with Gasteiger partial charge in [-0.3, -0.25) is 14.4 Å². The number of hydrogen-bond donors (Lipinski definition) is 2. The molecule has 0 saturated carbocycles. The topological polar surface area (TPSA) is 78.5 Å². The molecule has 1 aliphatic rings. The molecule has 0 atom stereocenters. The van der Waals surface area contributed by atoms with Crippen LogP contribution in [0.2, 0.25) is 0 Å². The van der Waals surface area contributed by atoms with Gasteiger partial charge >= 0.3 is 0 Å². The summed E-state index contributed by atoms with van der Waals surface area (Å²) in [6, 6.07) is 24.3. The number of amides is 3. The van der Waals surface area contributed by atoms with Gasteiger partial charge in [-0.25, -0.2) is 0 Å². The highest BCUT2D eigenvalue weighted by Crippen LogP contribution is 2.23. The number of anilines is 2. The van der Waals surface area contributed by atoms with E-state index in [9.17, 15) is 14.4 Å². The Balaban J connectivity index is 1.28. The van der Waals surface area contributed by atoms with Gasteiger partial charge in [-0.1, -0.05) is 42.5 Å². The second-order valence-electron chi connectivity index (χ2n) is 7.37.